The van der Waals surface area contributed by atoms with Gasteiger partial charge in [0.05, 0.1) is 0 Å². The van der Waals surface area contributed by atoms with Crippen molar-refractivity contribution in [2.45, 2.75) is 69.2 Å². The summed E-state index contributed by atoms with van der Waals surface area (Å²) >= 11 is 0. The molecule has 0 unspecified atom stereocenters. The predicted molar refractivity (Wildman–Crippen MR) is 115 cm³/mol. The third kappa shape index (κ3) is 4.42. The molecule has 3 aliphatic rings. The number of nitrogens with zero attached hydrogens (tertiary/aromatic N) is 1. The van der Waals surface area contributed by atoms with Gasteiger partial charge >= 0.3 is 6.03 Å². The molecule has 6 heteroatoms. The molecule has 1 saturated carbocycles. The molecule has 0 aromatic heterocycles. The summed E-state index contributed by atoms with van der Waals surface area (Å²) in [5.41, 5.74) is 1.84. The Morgan fingerprint density at radius 2 is 1.90 bits per heavy atom. The zero-order valence-electron chi connectivity index (χ0n) is 17.5. The molecule has 4 rings (SSSR count). The third-order valence-electron chi connectivity index (χ3n) is 6.81. The second-order valence-corrected chi connectivity index (χ2v) is 8.80. The molecule has 0 radical (unpaired) electrons. The van der Waals surface area contributed by atoms with Crippen molar-refractivity contribution in [2.75, 3.05) is 13.1 Å². The normalized spacial score (nSPS) is 26.5. The number of benzene rings is 1. The van der Waals surface area contributed by atoms with E-state index in [-0.39, 0.29) is 18.4 Å². The number of allylic oxidation sites excluding steroid dienone is 1. The highest BCUT2D eigenvalue weighted by molar-refractivity contribution is 6.09. The molecule has 1 heterocycles. The quantitative estimate of drug-likeness (QED) is 0.556. The summed E-state index contributed by atoms with van der Waals surface area (Å²) in [6.45, 7) is 0.353. The van der Waals surface area contributed by atoms with Gasteiger partial charge in [0.15, 0.2) is 0 Å². The average molecular weight is 410 g/mol. The van der Waals surface area contributed by atoms with Crippen molar-refractivity contribution in [1.82, 2.24) is 15.5 Å². The van der Waals surface area contributed by atoms with Gasteiger partial charge in [-0.3, -0.25) is 14.5 Å². The Bertz CT molecular complexity index is 825. The van der Waals surface area contributed by atoms with E-state index in [4.69, 9.17) is 0 Å². The molecule has 4 amide bonds. The van der Waals surface area contributed by atoms with Crippen LogP contribution in [0.25, 0.3) is 0 Å². The Morgan fingerprint density at radius 1 is 1.13 bits per heavy atom. The zero-order valence-corrected chi connectivity index (χ0v) is 17.5. The van der Waals surface area contributed by atoms with E-state index in [2.05, 4.69) is 28.8 Å². The Kier molecular flexibility index (Phi) is 6.21. The molecule has 2 aliphatic carbocycles. The smallest absolute Gasteiger partial charge is 0.325 e. The van der Waals surface area contributed by atoms with Gasteiger partial charge in [0.1, 0.15) is 12.1 Å². The summed E-state index contributed by atoms with van der Waals surface area (Å²) in [6, 6.07) is 9.88. The summed E-state index contributed by atoms with van der Waals surface area (Å²) in [7, 11) is 0. The van der Waals surface area contributed by atoms with Crippen LogP contribution in [-0.2, 0) is 9.59 Å². The van der Waals surface area contributed by atoms with Crippen LogP contribution in [0.5, 0.6) is 0 Å². The molecule has 30 heavy (non-hydrogen) atoms. The van der Waals surface area contributed by atoms with E-state index in [0.717, 1.165) is 37.0 Å². The van der Waals surface area contributed by atoms with Gasteiger partial charge < -0.3 is 10.6 Å². The molecule has 0 bridgehead atoms. The van der Waals surface area contributed by atoms with E-state index >= 15 is 0 Å². The molecule has 1 aromatic rings. The summed E-state index contributed by atoms with van der Waals surface area (Å²) in [4.78, 5) is 38.9. The van der Waals surface area contributed by atoms with E-state index in [1.54, 1.807) is 0 Å². The number of hydrogen-bond donors (Lipinski definition) is 2. The number of imide groups is 1. The summed E-state index contributed by atoms with van der Waals surface area (Å²) in [5.74, 6) is -0.109. The van der Waals surface area contributed by atoms with E-state index in [1.807, 2.05) is 18.2 Å². The van der Waals surface area contributed by atoms with Crippen LogP contribution >= 0.6 is 0 Å². The fourth-order valence-corrected chi connectivity index (χ4v) is 5.02. The van der Waals surface area contributed by atoms with E-state index in [1.165, 1.54) is 24.0 Å². The van der Waals surface area contributed by atoms with Crippen molar-refractivity contribution in [3.8, 4) is 0 Å². The number of amides is 4. The number of urea groups is 1. The molecule has 1 spiro atoms. The second-order valence-electron chi connectivity index (χ2n) is 8.80. The highest BCUT2D eigenvalue weighted by Gasteiger charge is 2.52. The van der Waals surface area contributed by atoms with Gasteiger partial charge in [-0.2, -0.15) is 0 Å². The molecule has 2 fully saturated rings. The summed E-state index contributed by atoms with van der Waals surface area (Å²) < 4.78 is 0. The van der Waals surface area contributed by atoms with Crippen molar-refractivity contribution in [3.05, 3.63) is 47.5 Å². The fraction of sp³-hybridized carbons (Fsp3) is 0.542. The van der Waals surface area contributed by atoms with Crippen molar-refractivity contribution in [2.24, 2.45) is 0 Å². The highest BCUT2D eigenvalue weighted by Crippen LogP contribution is 2.40. The molecule has 2 N–H and O–H groups in total. The minimum atomic E-state index is -0.838. The molecule has 1 aromatic carbocycles. The van der Waals surface area contributed by atoms with Gasteiger partial charge in [0, 0.05) is 6.54 Å². The molecule has 6 nitrogen and oxygen atoms in total. The fourth-order valence-electron chi connectivity index (χ4n) is 5.02. The van der Waals surface area contributed by atoms with Crippen LogP contribution in [0.15, 0.2) is 42.0 Å². The standard InChI is InChI=1S/C24H31N3O3/c28-21(25-16-13-18-7-3-1-4-8-18)17-27-22(29)24(26-23(27)30)14-11-20(12-15-24)19-9-5-2-6-10-19/h2,5-7,9-10,20H,1,3-4,8,11-17H2,(H,25,28)(H,26,30). The van der Waals surface area contributed by atoms with Crippen molar-refractivity contribution in [3.63, 3.8) is 0 Å². The minimum Gasteiger partial charge on any atom is -0.354 e. The highest BCUT2D eigenvalue weighted by atomic mass is 16.2. The number of nitrogens with one attached hydrogen (secondary N) is 2. The van der Waals surface area contributed by atoms with Gasteiger partial charge in [0.25, 0.3) is 5.91 Å². The van der Waals surface area contributed by atoms with Gasteiger partial charge in [-0.1, -0.05) is 42.0 Å². The van der Waals surface area contributed by atoms with Crippen molar-refractivity contribution < 1.29 is 14.4 Å². The third-order valence-corrected chi connectivity index (χ3v) is 6.81. The zero-order chi connectivity index (χ0) is 21.0. The SMILES string of the molecule is O=C(CN1C(=O)NC2(CCC(c3ccccc3)CC2)C1=O)NCCC1=CCCCC1. The number of rotatable bonds is 6. The second kappa shape index (κ2) is 9.02. The monoisotopic (exact) mass is 409 g/mol. The first kappa shape index (κ1) is 20.6. The molecule has 1 saturated heterocycles. The maximum absolute atomic E-state index is 13.0. The lowest BCUT2D eigenvalue weighted by Crippen LogP contribution is -2.49. The number of hydrogen-bond acceptors (Lipinski definition) is 3. The Labute approximate surface area is 178 Å². The van der Waals surface area contributed by atoms with Crippen LogP contribution in [0.4, 0.5) is 4.79 Å². The Morgan fingerprint density at radius 3 is 2.60 bits per heavy atom. The van der Waals surface area contributed by atoms with Crippen molar-refractivity contribution >= 4 is 17.8 Å². The minimum absolute atomic E-state index is 0.201. The molecular weight excluding hydrogens is 378 g/mol. The van der Waals surface area contributed by atoms with Crippen LogP contribution in [-0.4, -0.2) is 41.4 Å². The van der Waals surface area contributed by atoms with Crippen LogP contribution in [0.2, 0.25) is 0 Å². The lowest BCUT2D eigenvalue weighted by Gasteiger charge is -2.35. The van der Waals surface area contributed by atoms with Gasteiger partial charge in [-0.15, -0.1) is 0 Å². The predicted octanol–water partition coefficient (Wildman–Crippen LogP) is 3.64. The first-order valence-electron chi connectivity index (χ1n) is 11.2. The summed E-state index contributed by atoms with van der Waals surface area (Å²) in [6.07, 6.45) is 10.7. The van der Waals surface area contributed by atoms with E-state index in [9.17, 15) is 14.4 Å². The number of carbonyl (C=O) groups is 3. The topological polar surface area (TPSA) is 78.5 Å². The van der Waals surface area contributed by atoms with Crippen LogP contribution in [0, 0.1) is 0 Å². The van der Waals surface area contributed by atoms with Crippen LogP contribution < -0.4 is 10.6 Å². The van der Waals surface area contributed by atoms with Crippen LogP contribution in [0.1, 0.15) is 69.3 Å². The van der Waals surface area contributed by atoms with Crippen molar-refractivity contribution in [1.29, 1.82) is 0 Å². The molecule has 0 atom stereocenters. The summed E-state index contributed by atoms with van der Waals surface area (Å²) in [5, 5.41) is 5.77. The Hall–Kier alpha value is -2.63. The average Bonchev–Trinajstić information content (AvgIpc) is 2.99. The van der Waals surface area contributed by atoms with Gasteiger partial charge in [-0.05, 0) is 69.3 Å². The van der Waals surface area contributed by atoms with Gasteiger partial charge in [0.2, 0.25) is 5.91 Å². The first-order chi connectivity index (χ1) is 14.6. The lowest BCUT2D eigenvalue weighted by atomic mass is 9.74. The largest absolute Gasteiger partial charge is 0.354 e. The maximum atomic E-state index is 13.0. The Balaban J connectivity index is 1.28. The van der Waals surface area contributed by atoms with E-state index < -0.39 is 11.6 Å². The first-order valence-corrected chi connectivity index (χ1v) is 11.2. The maximum Gasteiger partial charge on any atom is 0.325 e. The molecular formula is C24H31N3O3. The molecule has 160 valence electrons. The van der Waals surface area contributed by atoms with Crippen LogP contribution in [0.3, 0.4) is 0 Å². The molecule has 1 aliphatic heterocycles. The number of carbonyl (C=O) groups excluding carboxylic acids is 3. The lowest BCUT2D eigenvalue weighted by molar-refractivity contribution is -0.135. The van der Waals surface area contributed by atoms with E-state index in [0.29, 0.717) is 25.3 Å². The van der Waals surface area contributed by atoms with Gasteiger partial charge in [-0.25, -0.2) is 4.79 Å².